The van der Waals surface area contributed by atoms with Gasteiger partial charge in [0.1, 0.15) is 0 Å². The van der Waals surface area contributed by atoms with Crippen LogP contribution in [0.15, 0.2) is 170 Å². The number of hydrogen-bond acceptors (Lipinski definition) is 1. The van der Waals surface area contributed by atoms with Crippen LogP contribution in [-0.4, -0.2) is 9.13 Å². The smallest absolute Gasteiger partial charge is 0.234 e. The van der Waals surface area contributed by atoms with E-state index in [-0.39, 0.29) is 0 Å². The van der Waals surface area contributed by atoms with Gasteiger partial charge in [-0.15, -0.1) is 0 Å². The van der Waals surface area contributed by atoms with Crippen molar-refractivity contribution in [2.75, 3.05) is 0 Å². The Labute approximate surface area is 334 Å². The summed E-state index contributed by atoms with van der Waals surface area (Å²) in [5.41, 5.74) is 12.6. The third kappa shape index (κ3) is 5.16. The molecule has 0 saturated heterocycles. The molecule has 0 radical (unpaired) electrons. The molecule has 0 N–H and O–H groups in total. The number of benzene rings is 8. The summed E-state index contributed by atoms with van der Waals surface area (Å²) in [4.78, 5) is 12.0. The molecule has 58 heavy (non-hydrogen) atoms. The summed E-state index contributed by atoms with van der Waals surface area (Å²) in [6.07, 6.45) is 0. The Hall–Kier alpha value is -8.68. The molecule has 266 valence electrons. The van der Waals surface area contributed by atoms with Gasteiger partial charge >= 0.3 is 0 Å². The zero-order chi connectivity index (χ0) is 39.3. The number of fused-ring (bicyclic) bond motifs is 6. The molecule has 0 spiro atoms. The fourth-order valence-corrected chi connectivity index (χ4v) is 8.49. The van der Waals surface area contributed by atoms with Gasteiger partial charge in [-0.1, -0.05) is 115 Å². The molecule has 0 unspecified atom stereocenters. The topological polar surface area (TPSA) is 46.7 Å². The average Bonchev–Trinajstić information content (AvgIpc) is 3.80. The lowest BCUT2D eigenvalue weighted by atomic mass is 9.99. The molecule has 0 aliphatic carbocycles. The molecule has 0 bridgehead atoms. The molecule has 2 aromatic heterocycles. The van der Waals surface area contributed by atoms with Crippen LogP contribution < -0.4 is 0 Å². The maximum absolute atomic E-state index is 9.95. The second kappa shape index (κ2) is 13.6. The average molecular weight is 737 g/mol. The Morgan fingerprint density at radius 3 is 1.52 bits per heavy atom. The predicted octanol–water partition coefficient (Wildman–Crippen LogP) is 14.4. The first kappa shape index (κ1) is 33.9. The van der Waals surface area contributed by atoms with Gasteiger partial charge in [-0.25, -0.2) is 14.5 Å². The number of nitrogens with zero attached hydrogens (tertiary/aromatic N) is 6. The van der Waals surface area contributed by atoms with Gasteiger partial charge in [-0.2, -0.15) is 5.26 Å². The summed E-state index contributed by atoms with van der Waals surface area (Å²) in [6.45, 7) is 24.6. The van der Waals surface area contributed by atoms with Crippen LogP contribution in [0.4, 0.5) is 17.1 Å². The van der Waals surface area contributed by atoms with Crippen molar-refractivity contribution in [3.8, 4) is 50.8 Å². The first-order chi connectivity index (χ1) is 28.6. The van der Waals surface area contributed by atoms with Gasteiger partial charge in [0.25, 0.3) is 0 Å². The molecule has 0 saturated carbocycles. The van der Waals surface area contributed by atoms with Gasteiger partial charge in [-0.05, 0) is 88.0 Å². The highest BCUT2D eigenvalue weighted by molar-refractivity contribution is 6.14. The molecule has 6 nitrogen and oxygen atoms in total. The van der Waals surface area contributed by atoms with E-state index in [4.69, 9.17) is 19.7 Å². The van der Waals surface area contributed by atoms with Crippen molar-refractivity contribution in [2.45, 2.75) is 0 Å². The highest BCUT2D eigenvalue weighted by Crippen LogP contribution is 2.47. The normalized spacial score (nSPS) is 11.0. The standard InChI is InChI=1S/C52H28N6/c1-54-44-19-8-4-15-37(44)35-23-26-48-42(30-35)40-17-6-10-21-46(40)57(48)50-28-25-39(34-14-12-13-33(29-34)32-53)52(51(50)56-3)58-47-22-11-7-18-41(47)43-31-36(24-27-49(43)58)38-16-5-9-20-45(38)55-2/h4-31H. The highest BCUT2D eigenvalue weighted by Gasteiger charge is 2.25. The van der Waals surface area contributed by atoms with Crippen molar-refractivity contribution in [2.24, 2.45) is 0 Å². The summed E-state index contributed by atoms with van der Waals surface area (Å²) in [5.74, 6) is 0. The van der Waals surface area contributed by atoms with Gasteiger partial charge in [0.2, 0.25) is 5.69 Å². The van der Waals surface area contributed by atoms with E-state index in [9.17, 15) is 5.26 Å². The van der Waals surface area contributed by atoms with E-state index in [1.807, 2.05) is 97.1 Å². The summed E-state index contributed by atoms with van der Waals surface area (Å²) in [7, 11) is 0. The maximum Gasteiger partial charge on any atom is 0.234 e. The molecule has 0 fully saturated rings. The maximum atomic E-state index is 9.95. The Balaban J connectivity index is 1.30. The van der Waals surface area contributed by atoms with Crippen molar-refractivity contribution in [3.05, 3.63) is 210 Å². The summed E-state index contributed by atoms with van der Waals surface area (Å²) >= 11 is 0. The first-order valence-corrected chi connectivity index (χ1v) is 18.7. The molecular formula is C52H28N6. The predicted molar refractivity (Wildman–Crippen MR) is 235 cm³/mol. The van der Waals surface area contributed by atoms with E-state index in [1.54, 1.807) is 6.07 Å². The third-order valence-electron chi connectivity index (χ3n) is 11.0. The minimum absolute atomic E-state index is 0.454. The molecule has 10 aromatic rings. The molecule has 2 heterocycles. The number of aromatic nitrogens is 2. The number of rotatable bonds is 5. The number of para-hydroxylation sites is 4. The fraction of sp³-hybridized carbons (Fsp3) is 0. The Morgan fingerprint density at radius 1 is 0.414 bits per heavy atom. The van der Waals surface area contributed by atoms with Gasteiger partial charge in [0.15, 0.2) is 11.4 Å². The van der Waals surface area contributed by atoms with Crippen LogP contribution >= 0.6 is 0 Å². The molecular weight excluding hydrogens is 709 g/mol. The molecule has 0 aliphatic heterocycles. The lowest BCUT2D eigenvalue weighted by Crippen LogP contribution is -2.02. The van der Waals surface area contributed by atoms with E-state index in [2.05, 4.69) is 96.5 Å². The SMILES string of the molecule is [C-]#[N+]c1ccccc1-c1ccc2c(c1)c1ccccc1n2-c1ccc(-c2cccc(C#N)c2)c(-n2c3ccccc3c3cc(-c4ccccc4[N+]#[C-])ccc32)c1[N+]#[C-]. The molecule has 0 atom stereocenters. The van der Waals surface area contributed by atoms with Crippen molar-refractivity contribution in [1.29, 1.82) is 5.26 Å². The van der Waals surface area contributed by atoms with Gasteiger partial charge in [-0.3, -0.25) is 0 Å². The second-order valence-corrected chi connectivity index (χ2v) is 14.1. The van der Waals surface area contributed by atoms with E-state index in [0.29, 0.717) is 28.3 Å². The van der Waals surface area contributed by atoms with Gasteiger partial charge in [0.05, 0.1) is 64.8 Å². The van der Waals surface area contributed by atoms with Crippen LogP contribution in [0.3, 0.4) is 0 Å². The lowest BCUT2D eigenvalue weighted by Gasteiger charge is -2.20. The Bertz CT molecular complexity index is 3520. The lowest BCUT2D eigenvalue weighted by molar-refractivity contribution is 1.15. The largest absolute Gasteiger partial charge is 0.319 e. The van der Waals surface area contributed by atoms with Crippen LogP contribution in [0, 0.1) is 31.0 Å². The van der Waals surface area contributed by atoms with E-state index < -0.39 is 0 Å². The van der Waals surface area contributed by atoms with Crippen molar-refractivity contribution in [3.63, 3.8) is 0 Å². The zero-order valence-corrected chi connectivity index (χ0v) is 30.8. The second-order valence-electron chi connectivity index (χ2n) is 14.1. The molecule has 8 aromatic carbocycles. The van der Waals surface area contributed by atoms with Gasteiger partial charge < -0.3 is 9.13 Å². The minimum Gasteiger partial charge on any atom is -0.319 e. The van der Waals surface area contributed by atoms with Crippen LogP contribution in [0.2, 0.25) is 0 Å². The Morgan fingerprint density at radius 2 is 0.931 bits per heavy atom. The van der Waals surface area contributed by atoms with Crippen LogP contribution in [-0.2, 0) is 0 Å². The summed E-state index contributed by atoms with van der Waals surface area (Å²) in [6, 6.07) is 58.3. The summed E-state index contributed by atoms with van der Waals surface area (Å²) in [5, 5.41) is 14.0. The highest BCUT2D eigenvalue weighted by atomic mass is 15.1. The minimum atomic E-state index is 0.454. The third-order valence-corrected chi connectivity index (χ3v) is 11.0. The molecule has 0 amide bonds. The van der Waals surface area contributed by atoms with Crippen molar-refractivity contribution >= 4 is 60.7 Å². The monoisotopic (exact) mass is 736 g/mol. The first-order valence-electron chi connectivity index (χ1n) is 18.7. The molecule has 6 heteroatoms. The van der Waals surface area contributed by atoms with E-state index in [1.165, 1.54) is 0 Å². The van der Waals surface area contributed by atoms with E-state index in [0.717, 1.165) is 82.7 Å². The van der Waals surface area contributed by atoms with Crippen LogP contribution in [0.25, 0.3) is 103 Å². The summed E-state index contributed by atoms with van der Waals surface area (Å²) < 4.78 is 4.36. The van der Waals surface area contributed by atoms with Crippen molar-refractivity contribution < 1.29 is 0 Å². The van der Waals surface area contributed by atoms with Crippen LogP contribution in [0.1, 0.15) is 5.56 Å². The van der Waals surface area contributed by atoms with Crippen molar-refractivity contribution in [1.82, 2.24) is 9.13 Å². The molecule has 10 rings (SSSR count). The van der Waals surface area contributed by atoms with Crippen LogP contribution in [0.5, 0.6) is 0 Å². The number of hydrogen-bond donors (Lipinski definition) is 0. The quantitative estimate of drug-likeness (QED) is 0.162. The fourth-order valence-electron chi connectivity index (χ4n) is 8.49. The van der Waals surface area contributed by atoms with E-state index >= 15 is 0 Å². The Kier molecular flexibility index (Phi) is 7.92. The van der Waals surface area contributed by atoms with Gasteiger partial charge in [0, 0.05) is 21.5 Å². The zero-order valence-electron chi connectivity index (χ0n) is 30.8. The number of nitriles is 1. The molecule has 0 aliphatic rings.